The van der Waals surface area contributed by atoms with E-state index in [1.807, 2.05) is 32.0 Å². The van der Waals surface area contributed by atoms with E-state index in [0.717, 1.165) is 22.8 Å². The highest BCUT2D eigenvalue weighted by Gasteiger charge is 2.21. The van der Waals surface area contributed by atoms with Crippen molar-refractivity contribution in [2.45, 2.75) is 18.7 Å². The molecule has 1 unspecified atom stereocenters. The summed E-state index contributed by atoms with van der Waals surface area (Å²) in [6, 6.07) is 7.90. The van der Waals surface area contributed by atoms with Crippen LogP contribution >= 0.6 is 15.9 Å². The predicted molar refractivity (Wildman–Crippen MR) is 73.0 cm³/mol. The summed E-state index contributed by atoms with van der Waals surface area (Å²) in [4.78, 5) is -0.511. The van der Waals surface area contributed by atoms with Crippen LogP contribution in [0.2, 0.25) is 0 Å². The Morgan fingerprint density at radius 2 is 1.53 bits per heavy atom. The third-order valence-corrected chi connectivity index (χ3v) is 4.02. The van der Waals surface area contributed by atoms with Crippen molar-refractivity contribution in [3.8, 4) is 0 Å². The second-order valence-electron chi connectivity index (χ2n) is 4.49. The SMILES string of the molecule is Cc1ccc(C(Br)c2ccc(F)c(F)c2F)c(C)c1. The maximum absolute atomic E-state index is 13.8. The van der Waals surface area contributed by atoms with E-state index in [4.69, 9.17) is 0 Å². The van der Waals surface area contributed by atoms with Gasteiger partial charge in [-0.3, -0.25) is 0 Å². The van der Waals surface area contributed by atoms with E-state index in [1.165, 1.54) is 6.07 Å². The van der Waals surface area contributed by atoms with Gasteiger partial charge >= 0.3 is 0 Å². The van der Waals surface area contributed by atoms with Crippen molar-refractivity contribution in [3.63, 3.8) is 0 Å². The highest BCUT2D eigenvalue weighted by molar-refractivity contribution is 9.09. The van der Waals surface area contributed by atoms with E-state index in [2.05, 4.69) is 15.9 Å². The lowest BCUT2D eigenvalue weighted by molar-refractivity contribution is 0.442. The monoisotopic (exact) mass is 328 g/mol. The molecule has 0 aliphatic rings. The van der Waals surface area contributed by atoms with Gasteiger partial charge in [0.2, 0.25) is 0 Å². The van der Waals surface area contributed by atoms with E-state index in [0.29, 0.717) is 0 Å². The zero-order valence-corrected chi connectivity index (χ0v) is 12.1. The fourth-order valence-electron chi connectivity index (χ4n) is 2.01. The Morgan fingerprint density at radius 1 is 0.895 bits per heavy atom. The van der Waals surface area contributed by atoms with Crippen molar-refractivity contribution in [1.82, 2.24) is 0 Å². The maximum atomic E-state index is 13.8. The van der Waals surface area contributed by atoms with Crippen molar-refractivity contribution in [3.05, 3.63) is 70.0 Å². The molecule has 0 radical (unpaired) electrons. The number of benzene rings is 2. The second-order valence-corrected chi connectivity index (χ2v) is 5.40. The van der Waals surface area contributed by atoms with Gasteiger partial charge in [-0.2, -0.15) is 0 Å². The Morgan fingerprint density at radius 3 is 2.16 bits per heavy atom. The summed E-state index contributed by atoms with van der Waals surface area (Å²) < 4.78 is 40.0. The molecule has 2 aromatic rings. The molecule has 0 amide bonds. The molecule has 0 spiro atoms. The number of hydrogen-bond acceptors (Lipinski definition) is 0. The molecule has 0 aromatic heterocycles. The molecule has 0 bridgehead atoms. The predicted octanol–water partition coefficient (Wildman–Crippen LogP) is 5.21. The van der Waals surface area contributed by atoms with Crippen LogP contribution in [-0.2, 0) is 0 Å². The summed E-state index contributed by atoms with van der Waals surface area (Å²) in [7, 11) is 0. The first-order valence-electron chi connectivity index (χ1n) is 5.76. The average Bonchev–Trinajstić information content (AvgIpc) is 2.35. The summed E-state index contributed by atoms with van der Waals surface area (Å²) in [5.74, 6) is -3.77. The van der Waals surface area contributed by atoms with Crippen molar-refractivity contribution in [2.75, 3.05) is 0 Å². The largest absolute Gasteiger partial charge is 0.204 e. The molecule has 0 nitrogen and oxygen atoms in total. The number of aryl methyl sites for hydroxylation is 2. The van der Waals surface area contributed by atoms with E-state index >= 15 is 0 Å². The third kappa shape index (κ3) is 2.68. The van der Waals surface area contributed by atoms with Crippen LogP contribution in [0.5, 0.6) is 0 Å². The van der Waals surface area contributed by atoms with Crippen molar-refractivity contribution in [1.29, 1.82) is 0 Å². The average molecular weight is 329 g/mol. The molecule has 2 rings (SSSR count). The van der Waals surface area contributed by atoms with Crippen LogP contribution in [0.4, 0.5) is 13.2 Å². The Labute approximate surface area is 118 Å². The Bertz CT molecular complexity index is 623. The summed E-state index contributed by atoms with van der Waals surface area (Å²) in [5.41, 5.74) is 2.97. The van der Waals surface area contributed by atoms with Gasteiger partial charge < -0.3 is 0 Å². The molecule has 0 N–H and O–H groups in total. The van der Waals surface area contributed by atoms with Crippen LogP contribution in [0.15, 0.2) is 30.3 Å². The molecule has 100 valence electrons. The number of hydrogen-bond donors (Lipinski definition) is 0. The Hall–Kier alpha value is -1.29. The summed E-state index contributed by atoms with van der Waals surface area (Å²) >= 11 is 3.35. The number of alkyl halides is 1. The summed E-state index contributed by atoms with van der Waals surface area (Å²) in [6.07, 6.45) is 0. The third-order valence-electron chi connectivity index (χ3n) is 3.04. The van der Waals surface area contributed by atoms with Gasteiger partial charge in [0.25, 0.3) is 0 Å². The first-order valence-corrected chi connectivity index (χ1v) is 6.68. The zero-order chi connectivity index (χ0) is 14.2. The molecule has 19 heavy (non-hydrogen) atoms. The van der Waals surface area contributed by atoms with Crippen LogP contribution in [0, 0.1) is 31.3 Å². The lowest BCUT2D eigenvalue weighted by Crippen LogP contribution is -2.03. The van der Waals surface area contributed by atoms with Crippen LogP contribution in [0.3, 0.4) is 0 Å². The van der Waals surface area contributed by atoms with Crippen LogP contribution in [0.25, 0.3) is 0 Å². The molecule has 0 saturated carbocycles. The summed E-state index contributed by atoms with van der Waals surface area (Å²) in [5, 5.41) is 0. The van der Waals surface area contributed by atoms with Gasteiger partial charge in [-0.15, -0.1) is 0 Å². The minimum atomic E-state index is -1.44. The van der Waals surface area contributed by atoms with Gasteiger partial charge in [-0.25, -0.2) is 13.2 Å². The molecular weight excluding hydrogens is 317 g/mol. The van der Waals surface area contributed by atoms with Gasteiger partial charge in [0, 0.05) is 5.56 Å². The van der Waals surface area contributed by atoms with Crippen LogP contribution in [0.1, 0.15) is 27.1 Å². The lowest BCUT2D eigenvalue weighted by Gasteiger charge is -2.15. The molecule has 0 aliphatic carbocycles. The quantitative estimate of drug-likeness (QED) is 0.524. The first kappa shape index (κ1) is 14.1. The second kappa shape index (κ2) is 5.37. The molecule has 0 saturated heterocycles. The van der Waals surface area contributed by atoms with E-state index in [9.17, 15) is 13.2 Å². The normalized spacial score (nSPS) is 12.5. The first-order chi connectivity index (χ1) is 8.91. The van der Waals surface area contributed by atoms with Crippen LogP contribution < -0.4 is 0 Å². The van der Waals surface area contributed by atoms with E-state index in [-0.39, 0.29) is 5.56 Å². The van der Waals surface area contributed by atoms with Gasteiger partial charge in [0.15, 0.2) is 17.5 Å². The number of rotatable bonds is 2. The minimum Gasteiger partial charge on any atom is -0.204 e. The molecule has 2 aromatic carbocycles. The molecule has 1 atom stereocenters. The molecule has 0 heterocycles. The van der Waals surface area contributed by atoms with Crippen molar-refractivity contribution < 1.29 is 13.2 Å². The van der Waals surface area contributed by atoms with Crippen molar-refractivity contribution >= 4 is 15.9 Å². The summed E-state index contributed by atoms with van der Waals surface area (Å²) in [6.45, 7) is 3.85. The zero-order valence-electron chi connectivity index (χ0n) is 10.5. The maximum Gasteiger partial charge on any atom is 0.194 e. The molecule has 4 heteroatoms. The van der Waals surface area contributed by atoms with Gasteiger partial charge in [0.1, 0.15) is 0 Å². The molecular formula is C15H12BrF3. The van der Waals surface area contributed by atoms with Gasteiger partial charge in [-0.1, -0.05) is 45.8 Å². The minimum absolute atomic E-state index is 0.0888. The van der Waals surface area contributed by atoms with Gasteiger partial charge in [-0.05, 0) is 31.0 Å². The smallest absolute Gasteiger partial charge is 0.194 e. The fourth-order valence-corrected chi connectivity index (χ4v) is 2.88. The van der Waals surface area contributed by atoms with E-state index < -0.39 is 22.3 Å². The molecule has 0 fully saturated rings. The van der Waals surface area contributed by atoms with Gasteiger partial charge in [0.05, 0.1) is 4.83 Å². The highest BCUT2D eigenvalue weighted by Crippen LogP contribution is 2.35. The standard InChI is InChI=1S/C15H12BrF3/c1-8-3-4-10(9(2)7-8)13(16)11-5-6-12(17)15(19)14(11)18/h3-7,13H,1-2H3. The fraction of sp³-hybridized carbons (Fsp3) is 0.200. The lowest BCUT2D eigenvalue weighted by atomic mass is 9.98. The van der Waals surface area contributed by atoms with Crippen LogP contribution in [-0.4, -0.2) is 0 Å². The Kier molecular flexibility index (Phi) is 3.99. The number of halogens is 4. The molecule has 0 aliphatic heterocycles. The topological polar surface area (TPSA) is 0 Å². The highest BCUT2D eigenvalue weighted by atomic mass is 79.9. The van der Waals surface area contributed by atoms with E-state index in [1.54, 1.807) is 0 Å². The van der Waals surface area contributed by atoms with Crippen molar-refractivity contribution in [2.24, 2.45) is 0 Å². The Balaban J connectivity index is 2.50.